The number of rotatable bonds is 11. The quantitative estimate of drug-likeness (QED) is 0.448. The monoisotopic (exact) mass is 541 g/mol. The molecule has 0 heterocycles. The van der Waals surface area contributed by atoms with Crippen LogP contribution in [0.2, 0.25) is 10.0 Å². The van der Waals surface area contributed by atoms with Crippen LogP contribution in [0.1, 0.15) is 38.3 Å². The number of aryl methyl sites for hydroxylation is 1. The maximum Gasteiger partial charge on any atom is 0.244 e. The largest absolute Gasteiger partial charge is 0.354 e. The summed E-state index contributed by atoms with van der Waals surface area (Å²) in [7, 11) is -3.87. The summed E-state index contributed by atoms with van der Waals surface area (Å²) in [5.74, 6) is -0.552. The van der Waals surface area contributed by atoms with E-state index in [2.05, 4.69) is 5.32 Å². The summed E-state index contributed by atoms with van der Waals surface area (Å²) in [6.07, 6.45) is 1.37. The van der Waals surface area contributed by atoms with Crippen molar-refractivity contribution in [3.63, 3.8) is 0 Å². The van der Waals surface area contributed by atoms with Crippen molar-refractivity contribution in [2.24, 2.45) is 5.92 Å². The molecule has 35 heavy (non-hydrogen) atoms. The first-order chi connectivity index (χ1) is 16.3. The van der Waals surface area contributed by atoms with Crippen LogP contribution in [0.15, 0.2) is 42.5 Å². The van der Waals surface area contributed by atoms with E-state index in [0.29, 0.717) is 13.0 Å². The lowest BCUT2D eigenvalue weighted by molar-refractivity contribution is -0.140. The number of sulfonamides is 1. The number of halogens is 2. The van der Waals surface area contributed by atoms with Crippen molar-refractivity contribution < 1.29 is 18.0 Å². The Balaban J connectivity index is 2.45. The highest BCUT2D eigenvalue weighted by atomic mass is 35.5. The van der Waals surface area contributed by atoms with Crippen LogP contribution in [0, 0.1) is 12.8 Å². The van der Waals surface area contributed by atoms with Crippen molar-refractivity contribution in [1.82, 2.24) is 10.2 Å². The standard InChI is InChI=1S/C25H33Cl2N3O4S/c1-6-23(25(32)28-14-17(2)3)29(15-19-9-7-8-18(4)10-19)24(31)16-30(35(5,33)34)22-12-20(26)11-21(27)13-22/h7-13,17,23H,6,14-16H2,1-5H3,(H,28,32)/t23-/m1/s1. The molecule has 7 nitrogen and oxygen atoms in total. The predicted molar refractivity (Wildman–Crippen MR) is 142 cm³/mol. The minimum atomic E-state index is -3.87. The van der Waals surface area contributed by atoms with Crippen molar-refractivity contribution >= 4 is 50.7 Å². The van der Waals surface area contributed by atoms with Gasteiger partial charge in [-0.05, 0) is 43.0 Å². The van der Waals surface area contributed by atoms with Crippen LogP contribution >= 0.6 is 23.2 Å². The Morgan fingerprint density at radius 1 is 1.06 bits per heavy atom. The van der Waals surface area contributed by atoms with Crippen LogP contribution in [-0.4, -0.2) is 50.5 Å². The molecule has 0 fully saturated rings. The summed E-state index contributed by atoms with van der Waals surface area (Å²) >= 11 is 12.2. The molecule has 0 bridgehead atoms. The van der Waals surface area contributed by atoms with E-state index in [9.17, 15) is 18.0 Å². The molecule has 0 saturated carbocycles. The van der Waals surface area contributed by atoms with Gasteiger partial charge in [-0.25, -0.2) is 8.42 Å². The molecule has 2 rings (SSSR count). The Hall–Kier alpha value is -2.29. The first-order valence-corrected chi connectivity index (χ1v) is 14.0. The highest BCUT2D eigenvalue weighted by Crippen LogP contribution is 2.27. The van der Waals surface area contributed by atoms with E-state index >= 15 is 0 Å². The lowest BCUT2D eigenvalue weighted by Gasteiger charge is -2.33. The maximum absolute atomic E-state index is 13.6. The average Bonchev–Trinajstić information content (AvgIpc) is 2.74. The fourth-order valence-corrected chi connectivity index (χ4v) is 4.99. The molecular weight excluding hydrogens is 509 g/mol. The first kappa shape index (κ1) is 28.9. The zero-order valence-electron chi connectivity index (χ0n) is 20.7. The van der Waals surface area contributed by atoms with Crippen LogP contribution in [0.4, 0.5) is 5.69 Å². The highest BCUT2D eigenvalue weighted by Gasteiger charge is 2.32. The summed E-state index contributed by atoms with van der Waals surface area (Å²) in [6, 6.07) is 11.2. The molecule has 0 aromatic heterocycles. The van der Waals surface area contributed by atoms with Gasteiger partial charge in [0.25, 0.3) is 0 Å². The number of amides is 2. The molecule has 0 aliphatic carbocycles. The molecule has 1 atom stereocenters. The SMILES string of the molecule is CC[C@H](C(=O)NCC(C)C)N(Cc1cccc(C)c1)C(=O)CN(c1cc(Cl)cc(Cl)c1)S(C)(=O)=O. The van der Waals surface area contributed by atoms with Crippen LogP contribution in [0.3, 0.4) is 0 Å². The number of hydrogen-bond acceptors (Lipinski definition) is 4. The summed E-state index contributed by atoms with van der Waals surface area (Å²) < 4.78 is 26.3. The van der Waals surface area contributed by atoms with E-state index in [1.807, 2.05) is 52.0 Å². The Kier molecular flexibility index (Phi) is 10.4. The van der Waals surface area contributed by atoms with Crippen molar-refractivity contribution in [3.05, 3.63) is 63.6 Å². The molecule has 192 valence electrons. The van der Waals surface area contributed by atoms with Crippen molar-refractivity contribution in [2.75, 3.05) is 23.7 Å². The third-order valence-corrected chi connectivity index (χ3v) is 6.90. The van der Waals surface area contributed by atoms with Crippen LogP contribution in [0.5, 0.6) is 0 Å². The fourth-order valence-electron chi connectivity index (χ4n) is 3.65. The van der Waals surface area contributed by atoms with E-state index in [-0.39, 0.29) is 34.1 Å². The molecule has 10 heteroatoms. The van der Waals surface area contributed by atoms with Gasteiger partial charge in [0.05, 0.1) is 11.9 Å². The number of hydrogen-bond donors (Lipinski definition) is 1. The van der Waals surface area contributed by atoms with Gasteiger partial charge in [0, 0.05) is 23.1 Å². The third-order valence-electron chi connectivity index (χ3n) is 5.32. The molecule has 2 amide bonds. The molecule has 1 N–H and O–H groups in total. The summed E-state index contributed by atoms with van der Waals surface area (Å²) in [6.45, 7) is 7.85. The maximum atomic E-state index is 13.6. The molecule has 0 aliphatic heterocycles. The Bertz CT molecular complexity index is 1130. The summed E-state index contributed by atoms with van der Waals surface area (Å²) in [5, 5.41) is 3.38. The number of carbonyl (C=O) groups excluding carboxylic acids is 2. The molecule has 0 radical (unpaired) electrons. The zero-order chi connectivity index (χ0) is 26.3. The zero-order valence-corrected chi connectivity index (χ0v) is 23.0. The van der Waals surface area contributed by atoms with Crippen LogP contribution < -0.4 is 9.62 Å². The van der Waals surface area contributed by atoms with Gasteiger partial charge in [-0.2, -0.15) is 0 Å². The number of anilines is 1. The van der Waals surface area contributed by atoms with Gasteiger partial charge in [0.2, 0.25) is 21.8 Å². The molecule has 0 aliphatic rings. The van der Waals surface area contributed by atoms with E-state index in [1.54, 1.807) is 0 Å². The van der Waals surface area contributed by atoms with Gasteiger partial charge in [-0.15, -0.1) is 0 Å². The van der Waals surface area contributed by atoms with Crippen LogP contribution in [0.25, 0.3) is 0 Å². The van der Waals surface area contributed by atoms with Gasteiger partial charge in [0.1, 0.15) is 12.6 Å². The van der Waals surface area contributed by atoms with E-state index in [0.717, 1.165) is 21.7 Å². The second kappa shape index (κ2) is 12.6. The molecule has 2 aromatic rings. The normalized spacial score (nSPS) is 12.3. The van der Waals surface area contributed by atoms with Gasteiger partial charge < -0.3 is 10.2 Å². The summed E-state index contributed by atoms with van der Waals surface area (Å²) in [4.78, 5) is 28.1. The topological polar surface area (TPSA) is 86.8 Å². The second-order valence-electron chi connectivity index (χ2n) is 8.97. The minimum Gasteiger partial charge on any atom is -0.354 e. The van der Waals surface area contributed by atoms with Crippen molar-refractivity contribution in [1.29, 1.82) is 0 Å². The minimum absolute atomic E-state index is 0.155. The number of benzene rings is 2. The molecule has 2 aromatic carbocycles. The molecule has 0 spiro atoms. The highest BCUT2D eigenvalue weighted by molar-refractivity contribution is 7.92. The van der Waals surface area contributed by atoms with E-state index in [4.69, 9.17) is 23.2 Å². The molecule has 0 unspecified atom stereocenters. The van der Waals surface area contributed by atoms with Gasteiger partial charge in [0.15, 0.2) is 0 Å². The lowest BCUT2D eigenvalue weighted by Crippen LogP contribution is -2.52. The summed E-state index contributed by atoms with van der Waals surface area (Å²) in [5.41, 5.74) is 2.02. The third kappa shape index (κ3) is 8.70. The lowest BCUT2D eigenvalue weighted by atomic mass is 10.1. The van der Waals surface area contributed by atoms with Crippen molar-refractivity contribution in [2.45, 2.75) is 46.7 Å². The Morgan fingerprint density at radius 3 is 2.20 bits per heavy atom. The fraction of sp³-hybridized carbons (Fsp3) is 0.440. The number of nitrogens with one attached hydrogen (secondary N) is 1. The van der Waals surface area contributed by atoms with E-state index < -0.39 is 28.5 Å². The van der Waals surface area contributed by atoms with Crippen LogP contribution in [-0.2, 0) is 26.2 Å². The van der Waals surface area contributed by atoms with E-state index in [1.165, 1.54) is 23.1 Å². The molecule has 0 saturated heterocycles. The Morgan fingerprint density at radius 2 is 1.69 bits per heavy atom. The number of carbonyl (C=O) groups is 2. The molecular formula is C25H33Cl2N3O4S. The van der Waals surface area contributed by atoms with Crippen molar-refractivity contribution in [3.8, 4) is 0 Å². The van der Waals surface area contributed by atoms with Gasteiger partial charge >= 0.3 is 0 Å². The average molecular weight is 543 g/mol. The van der Waals surface area contributed by atoms with Gasteiger partial charge in [-0.1, -0.05) is 73.8 Å². The second-order valence-corrected chi connectivity index (χ2v) is 11.8. The smallest absolute Gasteiger partial charge is 0.244 e. The number of nitrogens with zero attached hydrogens (tertiary/aromatic N) is 2. The Labute approximate surface area is 218 Å². The first-order valence-electron chi connectivity index (χ1n) is 11.4. The van der Waals surface area contributed by atoms with Gasteiger partial charge in [-0.3, -0.25) is 13.9 Å². The predicted octanol–water partition coefficient (Wildman–Crippen LogP) is 4.65.